The Balaban J connectivity index is 1.10. The lowest BCUT2D eigenvalue weighted by atomic mass is 9.88. The Kier molecular flexibility index (Phi) is 11.1. The summed E-state index contributed by atoms with van der Waals surface area (Å²) in [5, 5.41) is 9.74. The largest absolute Gasteiger partial charge is 0.481 e. The molecule has 15 heteroatoms. The third kappa shape index (κ3) is 8.54. The number of carbonyl (C=O) groups is 3. The summed E-state index contributed by atoms with van der Waals surface area (Å²) in [5.41, 5.74) is 3.00. The summed E-state index contributed by atoms with van der Waals surface area (Å²) in [6.07, 6.45) is 3.45. The minimum Gasteiger partial charge on any atom is -0.481 e. The van der Waals surface area contributed by atoms with E-state index in [0.717, 1.165) is 6.42 Å². The zero-order valence-electron chi connectivity index (χ0n) is 31.7. The molecule has 56 heavy (non-hydrogen) atoms. The smallest absolute Gasteiger partial charge is 0.410 e. The van der Waals surface area contributed by atoms with Gasteiger partial charge in [-0.3, -0.25) is 19.5 Å². The number of anilines is 2. The third-order valence-electron chi connectivity index (χ3n) is 10.1. The lowest BCUT2D eigenvalue weighted by Crippen LogP contribution is -2.66. The second kappa shape index (κ2) is 15.9. The van der Waals surface area contributed by atoms with Gasteiger partial charge in [-0.05, 0) is 63.9 Å². The Morgan fingerprint density at radius 3 is 2.46 bits per heavy atom. The molecule has 3 aliphatic rings. The van der Waals surface area contributed by atoms with E-state index in [1.54, 1.807) is 80.4 Å². The Bertz CT molecular complexity index is 2170. The molecule has 3 saturated heterocycles. The lowest BCUT2D eigenvalue weighted by Gasteiger charge is -2.48. The van der Waals surface area contributed by atoms with E-state index in [9.17, 15) is 14.4 Å². The standard InChI is InChI=1S/C41H44Cl2FN7O5/c1-40(2,3)56-39(54)51(21-26-12-14-32(52)46-26)20-25-11-13-29(48-38(25)55-4)27-16-18-45-37(35(27)43)28-8-6-9-30(34(28)42)47-31-10-5-7-24(36(31)44)19-50-22-41(23-50)17-15-33(53)49-41/h5-11,13,16,18,26,47H,12,14-15,17,19-23H2,1-4H3,(H,46,52)(H,49,53)/t26-/m0/s1. The van der Waals surface area contributed by atoms with Crippen LogP contribution in [0.2, 0.25) is 10.0 Å². The molecule has 3 amide bonds. The molecule has 3 N–H and O–H groups in total. The summed E-state index contributed by atoms with van der Waals surface area (Å²) >= 11 is 14.0. The molecule has 0 radical (unpaired) electrons. The van der Waals surface area contributed by atoms with E-state index in [4.69, 9.17) is 37.7 Å². The van der Waals surface area contributed by atoms with E-state index in [2.05, 4.69) is 25.8 Å². The predicted octanol–water partition coefficient (Wildman–Crippen LogP) is 7.49. The number of methoxy groups -OCH3 is 1. The highest BCUT2D eigenvalue weighted by Gasteiger charge is 2.47. The number of halogens is 3. The Morgan fingerprint density at radius 2 is 1.77 bits per heavy atom. The van der Waals surface area contributed by atoms with Gasteiger partial charge in [0.1, 0.15) is 5.60 Å². The molecule has 0 aliphatic carbocycles. The first-order valence-electron chi connectivity index (χ1n) is 18.5. The summed E-state index contributed by atoms with van der Waals surface area (Å²) in [6, 6.07) is 15.7. The molecule has 1 atom stereocenters. The second-order valence-corrected chi connectivity index (χ2v) is 16.4. The molecule has 1 spiro atoms. The van der Waals surface area contributed by atoms with Gasteiger partial charge < -0.3 is 30.3 Å². The summed E-state index contributed by atoms with van der Waals surface area (Å²) < 4.78 is 27.2. The number of carbonyl (C=O) groups excluding carboxylic acids is 3. The average molecular weight is 805 g/mol. The van der Waals surface area contributed by atoms with E-state index in [1.165, 1.54) is 7.11 Å². The van der Waals surface area contributed by atoms with Gasteiger partial charge in [-0.2, -0.15) is 0 Å². The number of aromatic nitrogens is 2. The van der Waals surface area contributed by atoms with Crippen LogP contribution < -0.4 is 20.7 Å². The fourth-order valence-electron chi connectivity index (χ4n) is 7.49. The molecule has 0 saturated carbocycles. The van der Waals surface area contributed by atoms with Crippen LogP contribution in [-0.4, -0.2) is 81.6 Å². The van der Waals surface area contributed by atoms with Gasteiger partial charge in [-0.1, -0.05) is 47.5 Å². The van der Waals surface area contributed by atoms with Crippen LogP contribution in [0.4, 0.5) is 20.6 Å². The molecule has 0 bridgehead atoms. The minimum absolute atomic E-state index is 0.0473. The summed E-state index contributed by atoms with van der Waals surface area (Å²) in [7, 11) is 1.50. The van der Waals surface area contributed by atoms with Crippen molar-refractivity contribution < 1.29 is 28.2 Å². The number of nitrogens with one attached hydrogen (secondary N) is 3. The third-order valence-corrected chi connectivity index (χ3v) is 10.9. The van der Waals surface area contributed by atoms with Crippen LogP contribution in [0.15, 0.2) is 60.8 Å². The molecule has 3 fully saturated rings. The van der Waals surface area contributed by atoms with Gasteiger partial charge in [0, 0.05) is 73.5 Å². The highest BCUT2D eigenvalue weighted by molar-refractivity contribution is 6.39. The highest BCUT2D eigenvalue weighted by Crippen LogP contribution is 2.41. The molecule has 3 aliphatic heterocycles. The lowest BCUT2D eigenvalue weighted by molar-refractivity contribution is -0.121. The van der Waals surface area contributed by atoms with Gasteiger partial charge in [-0.15, -0.1) is 0 Å². The summed E-state index contributed by atoms with van der Waals surface area (Å²) in [6.45, 7) is 7.59. The fraction of sp³-hybridized carbons (Fsp3) is 0.390. The number of pyridine rings is 2. The summed E-state index contributed by atoms with van der Waals surface area (Å²) in [5.74, 6) is -0.0708. The van der Waals surface area contributed by atoms with E-state index in [1.807, 2.05) is 6.07 Å². The molecule has 2 aromatic carbocycles. The van der Waals surface area contributed by atoms with Crippen molar-refractivity contribution in [3.63, 3.8) is 0 Å². The molecule has 4 aromatic rings. The van der Waals surface area contributed by atoms with Crippen LogP contribution in [0.25, 0.3) is 22.5 Å². The van der Waals surface area contributed by atoms with Crippen LogP contribution in [0.1, 0.15) is 57.6 Å². The first-order chi connectivity index (χ1) is 26.7. The van der Waals surface area contributed by atoms with Crippen LogP contribution in [0.3, 0.4) is 0 Å². The zero-order valence-corrected chi connectivity index (χ0v) is 33.2. The minimum atomic E-state index is -0.717. The van der Waals surface area contributed by atoms with Gasteiger partial charge in [-0.25, -0.2) is 14.2 Å². The van der Waals surface area contributed by atoms with E-state index in [-0.39, 0.29) is 53.9 Å². The van der Waals surface area contributed by atoms with E-state index in [0.29, 0.717) is 88.3 Å². The van der Waals surface area contributed by atoms with Gasteiger partial charge in [0.05, 0.1) is 52.0 Å². The van der Waals surface area contributed by atoms with Gasteiger partial charge in [0.25, 0.3) is 0 Å². The maximum Gasteiger partial charge on any atom is 0.410 e. The number of nitrogens with zero attached hydrogens (tertiary/aromatic N) is 4. The molecular weight excluding hydrogens is 760 g/mol. The van der Waals surface area contributed by atoms with Crippen molar-refractivity contribution in [2.45, 2.75) is 76.7 Å². The quantitative estimate of drug-likeness (QED) is 0.141. The average Bonchev–Trinajstić information content (AvgIpc) is 3.74. The summed E-state index contributed by atoms with van der Waals surface area (Å²) in [4.78, 5) is 49.9. The fourth-order valence-corrected chi connectivity index (χ4v) is 8.06. The molecule has 5 heterocycles. The van der Waals surface area contributed by atoms with E-state index < -0.39 is 11.7 Å². The van der Waals surface area contributed by atoms with Crippen LogP contribution in [0.5, 0.6) is 5.88 Å². The van der Waals surface area contributed by atoms with Crippen molar-refractivity contribution in [2.75, 3.05) is 32.1 Å². The Labute approximate surface area is 335 Å². The predicted molar refractivity (Wildman–Crippen MR) is 212 cm³/mol. The van der Waals surface area contributed by atoms with Crippen molar-refractivity contribution in [2.24, 2.45) is 0 Å². The highest BCUT2D eigenvalue weighted by atomic mass is 35.5. The molecule has 7 rings (SSSR count). The first-order valence-corrected chi connectivity index (χ1v) is 19.3. The van der Waals surface area contributed by atoms with Gasteiger partial charge in [0.15, 0.2) is 5.82 Å². The monoisotopic (exact) mass is 803 g/mol. The molecule has 0 unspecified atom stereocenters. The zero-order chi connectivity index (χ0) is 39.8. The Morgan fingerprint density at radius 1 is 1.00 bits per heavy atom. The number of hydrogen-bond acceptors (Lipinski definition) is 9. The number of hydrogen-bond donors (Lipinski definition) is 3. The van der Waals surface area contributed by atoms with Crippen molar-refractivity contribution in [1.29, 1.82) is 0 Å². The number of amides is 3. The van der Waals surface area contributed by atoms with Crippen molar-refractivity contribution in [3.8, 4) is 28.4 Å². The number of rotatable bonds is 11. The number of ether oxygens (including phenoxy) is 2. The maximum absolute atomic E-state index is 15.8. The van der Waals surface area contributed by atoms with Gasteiger partial charge >= 0.3 is 6.09 Å². The topological polar surface area (TPSA) is 138 Å². The second-order valence-electron chi connectivity index (χ2n) is 15.6. The number of likely N-dealkylation sites (tertiary alicyclic amines) is 1. The van der Waals surface area contributed by atoms with Crippen molar-refractivity contribution in [1.82, 2.24) is 30.4 Å². The molecule has 12 nitrogen and oxygen atoms in total. The van der Waals surface area contributed by atoms with Crippen LogP contribution >= 0.6 is 23.2 Å². The normalized spacial score (nSPS) is 17.7. The van der Waals surface area contributed by atoms with Crippen LogP contribution in [-0.2, 0) is 27.4 Å². The first kappa shape index (κ1) is 39.3. The SMILES string of the molecule is COc1nc(-c2ccnc(-c3cccc(Nc4cccc(CN5CC6(CCC(=O)N6)C5)c4F)c3Cl)c2Cl)ccc1CN(C[C@@H]1CCC(=O)N1)C(=O)OC(C)(C)C. The molecule has 294 valence electrons. The van der Waals surface area contributed by atoms with Gasteiger partial charge in [0.2, 0.25) is 17.7 Å². The molecular formula is C41H44Cl2FN7O5. The van der Waals surface area contributed by atoms with Crippen molar-refractivity contribution >= 4 is 52.5 Å². The maximum atomic E-state index is 15.8. The van der Waals surface area contributed by atoms with Crippen molar-refractivity contribution in [3.05, 3.63) is 87.8 Å². The van der Waals surface area contributed by atoms with Crippen LogP contribution in [0, 0.1) is 5.82 Å². The molecule has 2 aromatic heterocycles. The van der Waals surface area contributed by atoms with E-state index >= 15 is 4.39 Å². The number of benzene rings is 2. The Hall–Kier alpha value is -4.98.